The number of nitrogens with zero attached hydrogens (tertiary/aromatic N) is 2. The molecule has 28 heavy (non-hydrogen) atoms. The summed E-state index contributed by atoms with van der Waals surface area (Å²) in [7, 11) is 0. The number of piperazine rings is 1. The Bertz CT molecular complexity index is 883. The molecule has 1 atom stereocenters. The Morgan fingerprint density at radius 2 is 1.79 bits per heavy atom. The number of carbonyl (C=O) groups is 2. The minimum atomic E-state index is -1.000. The zero-order valence-corrected chi connectivity index (χ0v) is 16.6. The predicted molar refractivity (Wildman–Crippen MR) is 108 cm³/mol. The van der Waals surface area contributed by atoms with Gasteiger partial charge in [-0.05, 0) is 30.7 Å². The average molecular weight is 400 g/mol. The van der Waals surface area contributed by atoms with Crippen molar-refractivity contribution in [3.05, 3.63) is 65.2 Å². The van der Waals surface area contributed by atoms with E-state index >= 15 is 0 Å². The van der Waals surface area contributed by atoms with Gasteiger partial charge in [-0.15, -0.1) is 0 Å². The molecule has 2 heterocycles. The largest absolute Gasteiger partial charge is 0.360 e. The Hall–Kier alpha value is -2.57. The Kier molecular flexibility index (Phi) is 5.00. The summed E-state index contributed by atoms with van der Waals surface area (Å²) in [5.74, 6) is -0.187. The van der Waals surface area contributed by atoms with Crippen molar-refractivity contribution in [3.8, 4) is 0 Å². The molecule has 0 radical (unpaired) electrons. The molecule has 0 spiro atoms. The van der Waals surface area contributed by atoms with Gasteiger partial charge in [0, 0.05) is 10.7 Å². The van der Waals surface area contributed by atoms with Gasteiger partial charge in [0.2, 0.25) is 0 Å². The second-order valence-corrected chi connectivity index (χ2v) is 7.97. The van der Waals surface area contributed by atoms with Crippen LogP contribution >= 0.6 is 11.6 Å². The number of amides is 3. The molecular weight excluding hydrogens is 376 g/mol. The normalized spacial score (nSPS) is 23.2. The predicted octanol–water partition coefficient (Wildman–Crippen LogP) is 1.47. The third-order valence-electron chi connectivity index (χ3n) is 5.65. The highest BCUT2D eigenvalue weighted by Crippen LogP contribution is 2.28. The number of benzene rings is 2. The molecule has 2 aromatic carbocycles. The van der Waals surface area contributed by atoms with Crippen molar-refractivity contribution >= 4 is 29.2 Å². The van der Waals surface area contributed by atoms with E-state index in [0.29, 0.717) is 6.67 Å². The molecular formula is C21H24ClN4O2+. The zero-order valence-electron chi connectivity index (χ0n) is 15.8. The highest BCUT2D eigenvalue weighted by Gasteiger charge is 2.50. The summed E-state index contributed by atoms with van der Waals surface area (Å²) in [6.07, 6.45) is 0. The number of anilines is 1. The van der Waals surface area contributed by atoms with Crippen molar-refractivity contribution in [1.82, 2.24) is 10.2 Å². The molecule has 0 bridgehead atoms. The number of hydrogen-bond acceptors (Lipinski definition) is 3. The van der Waals surface area contributed by atoms with Gasteiger partial charge in [0.25, 0.3) is 5.91 Å². The van der Waals surface area contributed by atoms with Crippen LogP contribution in [0.2, 0.25) is 5.02 Å². The van der Waals surface area contributed by atoms with Crippen LogP contribution in [0.25, 0.3) is 0 Å². The Morgan fingerprint density at radius 3 is 2.46 bits per heavy atom. The van der Waals surface area contributed by atoms with E-state index in [1.807, 2.05) is 48.5 Å². The second-order valence-electron chi connectivity index (χ2n) is 7.53. The smallest absolute Gasteiger partial charge is 0.329 e. The number of carbonyl (C=O) groups excluding carboxylic acids is 2. The third kappa shape index (κ3) is 3.45. The molecule has 2 fully saturated rings. The summed E-state index contributed by atoms with van der Waals surface area (Å²) in [6.45, 7) is 5.58. The lowest BCUT2D eigenvalue weighted by molar-refractivity contribution is -0.907. The van der Waals surface area contributed by atoms with Gasteiger partial charge in [-0.1, -0.05) is 48.0 Å². The van der Waals surface area contributed by atoms with Crippen molar-refractivity contribution in [2.24, 2.45) is 0 Å². The number of hydrogen-bond donors (Lipinski definition) is 2. The molecule has 0 saturated carbocycles. The van der Waals surface area contributed by atoms with Crippen LogP contribution in [0.1, 0.15) is 12.5 Å². The molecule has 3 amide bonds. The highest BCUT2D eigenvalue weighted by molar-refractivity contribution is 6.30. The number of nitrogens with one attached hydrogen (secondary N) is 2. The molecule has 4 rings (SSSR count). The maximum Gasteiger partial charge on any atom is 0.329 e. The van der Waals surface area contributed by atoms with Crippen LogP contribution in [0.3, 0.4) is 0 Å². The van der Waals surface area contributed by atoms with Crippen molar-refractivity contribution in [3.63, 3.8) is 0 Å². The second kappa shape index (κ2) is 7.45. The van der Waals surface area contributed by atoms with Gasteiger partial charge in [-0.2, -0.15) is 0 Å². The van der Waals surface area contributed by atoms with Crippen LogP contribution in [-0.4, -0.2) is 49.7 Å². The van der Waals surface area contributed by atoms with Gasteiger partial charge in [0.05, 0.1) is 26.2 Å². The number of imide groups is 1. The molecule has 2 saturated heterocycles. The first-order valence-corrected chi connectivity index (χ1v) is 9.89. The number of rotatable bonds is 4. The van der Waals surface area contributed by atoms with Crippen LogP contribution in [0.15, 0.2) is 54.6 Å². The first-order valence-electron chi connectivity index (χ1n) is 9.51. The summed E-state index contributed by atoms with van der Waals surface area (Å²) < 4.78 is 0. The van der Waals surface area contributed by atoms with E-state index in [9.17, 15) is 9.59 Å². The lowest BCUT2D eigenvalue weighted by atomic mass is 9.92. The Labute approximate surface area is 169 Å². The molecule has 7 heteroatoms. The van der Waals surface area contributed by atoms with Crippen molar-refractivity contribution in [1.29, 1.82) is 0 Å². The highest BCUT2D eigenvalue weighted by atomic mass is 35.5. The summed E-state index contributed by atoms with van der Waals surface area (Å²) in [4.78, 5) is 30.4. The van der Waals surface area contributed by atoms with E-state index in [4.69, 9.17) is 11.6 Å². The average Bonchev–Trinajstić information content (AvgIpc) is 2.93. The summed E-state index contributed by atoms with van der Waals surface area (Å²) in [5.41, 5.74) is 0.912. The minimum absolute atomic E-state index is 0.187. The molecule has 146 valence electrons. The lowest BCUT2D eigenvalue weighted by Gasteiger charge is -2.34. The Balaban J connectivity index is 1.40. The van der Waals surface area contributed by atoms with Gasteiger partial charge in [0.15, 0.2) is 6.67 Å². The third-order valence-corrected chi connectivity index (χ3v) is 5.89. The maximum atomic E-state index is 13.0. The fourth-order valence-corrected chi connectivity index (χ4v) is 4.13. The van der Waals surface area contributed by atoms with E-state index in [1.54, 1.807) is 6.92 Å². The summed E-state index contributed by atoms with van der Waals surface area (Å²) >= 11 is 6.09. The van der Waals surface area contributed by atoms with E-state index < -0.39 is 5.54 Å². The van der Waals surface area contributed by atoms with Crippen LogP contribution < -0.4 is 15.1 Å². The molecule has 2 aliphatic heterocycles. The van der Waals surface area contributed by atoms with Gasteiger partial charge in [-0.3, -0.25) is 4.79 Å². The fourth-order valence-electron chi connectivity index (χ4n) is 3.94. The lowest BCUT2D eigenvalue weighted by Crippen LogP contribution is -3.16. The van der Waals surface area contributed by atoms with E-state index in [0.717, 1.165) is 42.5 Å². The SMILES string of the molecule is C[C@@]1(c2ccccc2)NC(=O)N(C[NH+]2CCN(c3cccc(Cl)c3)CC2)C1=O. The Morgan fingerprint density at radius 1 is 1.07 bits per heavy atom. The molecule has 2 aliphatic rings. The van der Waals surface area contributed by atoms with Gasteiger partial charge < -0.3 is 15.1 Å². The summed E-state index contributed by atoms with van der Waals surface area (Å²) in [6, 6.07) is 16.9. The molecule has 6 nitrogen and oxygen atoms in total. The van der Waals surface area contributed by atoms with Crippen LogP contribution in [-0.2, 0) is 10.3 Å². The molecule has 0 aromatic heterocycles. The van der Waals surface area contributed by atoms with Crippen LogP contribution in [0.4, 0.5) is 10.5 Å². The first kappa shape index (κ1) is 18.8. The fraction of sp³-hybridized carbons (Fsp3) is 0.333. The van der Waals surface area contributed by atoms with Crippen molar-refractivity contribution in [2.45, 2.75) is 12.5 Å². The zero-order chi connectivity index (χ0) is 19.7. The molecule has 2 N–H and O–H groups in total. The van der Waals surface area contributed by atoms with Gasteiger partial charge >= 0.3 is 6.03 Å². The topological polar surface area (TPSA) is 57.1 Å². The monoisotopic (exact) mass is 399 g/mol. The number of quaternary nitrogens is 1. The summed E-state index contributed by atoms with van der Waals surface area (Å²) in [5, 5.41) is 3.60. The molecule has 0 unspecified atom stereocenters. The van der Waals surface area contributed by atoms with Crippen molar-refractivity contribution < 1.29 is 14.5 Å². The van der Waals surface area contributed by atoms with Crippen LogP contribution in [0.5, 0.6) is 0 Å². The number of urea groups is 1. The molecule has 2 aromatic rings. The van der Waals surface area contributed by atoms with Crippen LogP contribution in [0, 0.1) is 0 Å². The van der Waals surface area contributed by atoms with Gasteiger partial charge in [-0.25, -0.2) is 9.69 Å². The quantitative estimate of drug-likeness (QED) is 0.765. The van der Waals surface area contributed by atoms with E-state index in [1.165, 1.54) is 9.80 Å². The van der Waals surface area contributed by atoms with E-state index in [-0.39, 0.29) is 11.9 Å². The van der Waals surface area contributed by atoms with Crippen molar-refractivity contribution in [2.75, 3.05) is 37.7 Å². The first-order chi connectivity index (χ1) is 13.5. The maximum absolute atomic E-state index is 13.0. The number of halogens is 1. The minimum Gasteiger partial charge on any atom is -0.360 e. The molecule has 0 aliphatic carbocycles. The standard InChI is InChI=1S/C21H23ClN4O2/c1-21(16-6-3-2-4-7-16)19(27)26(20(28)23-21)15-24-10-12-25(13-11-24)18-9-5-8-17(22)14-18/h2-9,14H,10-13,15H2,1H3,(H,23,28)/p+1/t21-/m0/s1. The van der Waals surface area contributed by atoms with Gasteiger partial charge in [0.1, 0.15) is 5.54 Å². The van der Waals surface area contributed by atoms with E-state index in [2.05, 4.69) is 16.3 Å².